The summed E-state index contributed by atoms with van der Waals surface area (Å²) in [6.07, 6.45) is 0. The Labute approximate surface area is 131 Å². The van der Waals surface area contributed by atoms with E-state index >= 15 is 0 Å². The highest BCUT2D eigenvalue weighted by Crippen LogP contribution is 2.20. The Balaban J connectivity index is 1.64. The summed E-state index contributed by atoms with van der Waals surface area (Å²) in [5, 5.41) is 9.44. The largest absolute Gasteiger partial charge is 0.383 e. The molecule has 120 valence electrons. The number of nitrogens with zero attached hydrogens (tertiary/aromatic N) is 1. The van der Waals surface area contributed by atoms with Crippen molar-refractivity contribution < 1.29 is 4.79 Å². The minimum absolute atomic E-state index is 0.00941. The standard InChI is InChI=1S/C14H17N7O2/c15-11(22)7-1-3-8(4-2-7)17-5-9-6-18-12-10(19-9)13(23)21-14(16)20-12/h1-4,9,17,19H,5-6H2,(H2,15,22)(H4,16,18,20,21,23). The van der Waals surface area contributed by atoms with E-state index in [0.717, 1.165) is 5.69 Å². The first kappa shape index (κ1) is 14.7. The number of aromatic nitrogens is 2. The zero-order chi connectivity index (χ0) is 16.4. The number of rotatable bonds is 4. The van der Waals surface area contributed by atoms with Crippen LogP contribution in [0.2, 0.25) is 0 Å². The minimum atomic E-state index is -0.461. The first-order valence-electron chi connectivity index (χ1n) is 7.07. The average Bonchev–Trinajstić information content (AvgIpc) is 2.53. The molecule has 9 heteroatoms. The smallest absolute Gasteiger partial charge is 0.277 e. The Morgan fingerprint density at radius 2 is 2.09 bits per heavy atom. The fourth-order valence-electron chi connectivity index (χ4n) is 2.34. The van der Waals surface area contributed by atoms with E-state index in [1.54, 1.807) is 24.3 Å². The number of anilines is 4. The van der Waals surface area contributed by atoms with Crippen molar-refractivity contribution in [3.8, 4) is 0 Å². The molecule has 23 heavy (non-hydrogen) atoms. The summed E-state index contributed by atoms with van der Waals surface area (Å²) < 4.78 is 0. The van der Waals surface area contributed by atoms with Crippen LogP contribution < -0.4 is 33.0 Å². The molecule has 0 bridgehead atoms. The summed E-state index contributed by atoms with van der Waals surface area (Å²) in [6.45, 7) is 1.17. The third-order valence-corrected chi connectivity index (χ3v) is 3.52. The second kappa shape index (κ2) is 5.87. The van der Waals surface area contributed by atoms with Crippen LogP contribution in [0, 0.1) is 0 Å². The van der Waals surface area contributed by atoms with Crippen LogP contribution in [-0.2, 0) is 0 Å². The zero-order valence-electron chi connectivity index (χ0n) is 12.2. The number of amides is 1. The van der Waals surface area contributed by atoms with Crippen molar-refractivity contribution in [3.63, 3.8) is 0 Å². The van der Waals surface area contributed by atoms with Gasteiger partial charge in [0, 0.05) is 24.3 Å². The van der Waals surface area contributed by atoms with Gasteiger partial charge in [-0.15, -0.1) is 0 Å². The van der Waals surface area contributed by atoms with E-state index in [1.807, 2.05) is 0 Å². The van der Waals surface area contributed by atoms with Crippen molar-refractivity contribution in [1.82, 2.24) is 9.97 Å². The molecule has 1 aromatic carbocycles. The molecular weight excluding hydrogens is 298 g/mol. The maximum Gasteiger partial charge on any atom is 0.277 e. The van der Waals surface area contributed by atoms with Gasteiger partial charge in [-0.05, 0) is 24.3 Å². The Bertz CT molecular complexity index is 785. The van der Waals surface area contributed by atoms with E-state index in [-0.39, 0.29) is 17.5 Å². The van der Waals surface area contributed by atoms with E-state index in [9.17, 15) is 9.59 Å². The van der Waals surface area contributed by atoms with Gasteiger partial charge in [-0.2, -0.15) is 4.98 Å². The summed E-state index contributed by atoms with van der Waals surface area (Å²) in [5.41, 5.74) is 12.1. The van der Waals surface area contributed by atoms with E-state index < -0.39 is 5.91 Å². The van der Waals surface area contributed by atoms with Gasteiger partial charge in [0.25, 0.3) is 5.56 Å². The highest BCUT2D eigenvalue weighted by molar-refractivity contribution is 5.93. The lowest BCUT2D eigenvalue weighted by Crippen LogP contribution is -2.41. The van der Waals surface area contributed by atoms with Gasteiger partial charge >= 0.3 is 0 Å². The zero-order valence-corrected chi connectivity index (χ0v) is 12.2. The van der Waals surface area contributed by atoms with E-state index in [0.29, 0.717) is 30.2 Å². The lowest BCUT2D eigenvalue weighted by molar-refractivity contribution is 0.100. The molecule has 1 aliphatic rings. The molecule has 1 aliphatic heterocycles. The molecule has 3 rings (SSSR count). The highest BCUT2D eigenvalue weighted by atomic mass is 16.1. The van der Waals surface area contributed by atoms with Crippen LogP contribution >= 0.6 is 0 Å². The number of nitrogens with one attached hydrogen (secondary N) is 4. The predicted octanol–water partition coefficient (Wildman–Crippen LogP) is -0.231. The molecular formula is C14H17N7O2. The number of aromatic amines is 1. The summed E-state index contributed by atoms with van der Waals surface area (Å²) in [6, 6.07) is 6.86. The van der Waals surface area contributed by atoms with E-state index in [2.05, 4.69) is 25.9 Å². The number of nitrogens with two attached hydrogens (primary N) is 2. The normalized spacial score (nSPS) is 15.9. The van der Waals surface area contributed by atoms with Crippen LogP contribution in [0.25, 0.3) is 0 Å². The van der Waals surface area contributed by atoms with Crippen molar-refractivity contribution in [3.05, 3.63) is 40.2 Å². The second-order valence-corrected chi connectivity index (χ2v) is 5.22. The number of hydrogen-bond donors (Lipinski definition) is 6. The van der Waals surface area contributed by atoms with Crippen molar-refractivity contribution in [2.75, 3.05) is 34.8 Å². The van der Waals surface area contributed by atoms with Crippen molar-refractivity contribution in [1.29, 1.82) is 0 Å². The van der Waals surface area contributed by atoms with Gasteiger partial charge in [0.1, 0.15) is 5.69 Å². The lowest BCUT2D eigenvalue weighted by Gasteiger charge is -2.27. The molecule has 0 fully saturated rings. The fraction of sp³-hybridized carbons (Fsp3) is 0.214. The number of nitrogen functional groups attached to an aromatic ring is 1. The topological polar surface area (TPSA) is 151 Å². The number of benzene rings is 1. The number of fused-ring (bicyclic) bond motifs is 1. The first-order chi connectivity index (χ1) is 11.0. The molecule has 8 N–H and O–H groups in total. The molecule has 1 atom stereocenters. The Kier molecular flexibility index (Phi) is 3.75. The summed E-state index contributed by atoms with van der Waals surface area (Å²) in [7, 11) is 0. The number of hydrogen-bond acceptors (Lipinski definition) is 7. The second-order valence-electron chi connectivity index (χ2n) is 5.22. The molecule has 1 aromatic heterocycles. The molecule has 0 spiro atoms. The first-order valence-corrected chi connectivity index (χ1v) is 7.07. The third-order valence-electron chi connectivity index (χ3n) is 3.52. The summed E-state index contributed by atoms with van der Waals surface area (Å²) >= 11 is 0. The molecule has 2 heterocycles. The lowest BCUT2D eigenvalue weighted by atomic mass is 10.2. The summed E-state index contributed by atoms with van der Waals surface area (Å²) in [5.74, 6) is 0.0692. The van der Waals surface area contributed by atoms with Gasteiger partial charge < -0.3 is 27.4 Å². The van der Waals surface area contributed by atoms with Crippen molar-refractivity contribution >= 4 is 29.0 Å². The molecule has 9 nitrogen and oxygen atoms in total. The SMILES string of the molecule is NC(=O)c1ccc(NCC2CNc3nc(N)[nH]c(=O)c3N2)cc1. The van der Waals surface area contributed by atoms with Crippen LogP contribution in [0.1, 0.15) is 10.4 Å². The number of H-pyrrole nitrogens is 1. The Morgan fingerprint density at radius 3 is 2.78 bits per heavy atom. The Morgan fingerprint density at radius 1 is 1.35 bits per heavy atom. The van der Waals surface area contributed by atoms with Crippen LogP contribution in [0.15, 0.2) is 29.1 Å². The van der Waals surface area contributed by atoms with Crippen LogP contribution in [0.5, 0.6) is 0 Å². The monoisotopic (exact) mass is 315 g/mol. The number of primary amides is 1. The van der Waals surface area contributed by atoms with Crippen molar-refractivity contribution in [2.45, 2.75) is 6.04 Å². The average molecular weight is 315 g/mol. The molecule has 1 amide bonds. The van der Waals surface area contributed by atoms with Gasteiger partial charge in [-0.25, -0.2) is 0 Å². The molecule has 1 unspecified atom stereocenters. The Hall–Kier alpha value is -3.23. The number of carbonyl (C=O) groups excluding carboxylic acids is 1. The predicted molar refractivity (Wildman–Crippen MR) is 88.6 cm³/mol. The van der Waals surface area contributed by atoms with Gasteiger partial charge in [0.2, 0.25) is 11.9 Å². The van der Waals surface area contributed by atoms with Crippen molar-refractivity contribution in [2.24, 2.45) is 5.73 Å². The highest BCUT2D eigenvalue weighted by Gasteiger charge is 2.21. The molecule has 0 aliphatic carbocycles. The van der Waals surface area contributed by atoms with Gasteiger partial charge in [0.15, 0.2) is 5.82 Å². The molecule has 2 aromatic rings. The minimum Gasteiger partial charge on any atom is -0.383 e. The van der Waals surface area contributed by atoms with E-state index in [1.165, 1.54) is 0 Å². The van der Waals surface area contributed by atoms with Crippen LogP contribution in [0.4, 0.5) is 23.1 Å². The molecule has 0 saturated carbocycles. The maximum atomic E-state index is 11.9. The van der Waals surface area contributed by atoms with Crippen LogP contribution in [0.3, 0.4) is 0 Å². The molecule has 0 saturated heterocycles. The quantitative estimate of drug-likeness (QED) is 0.456. The molecule has 0 radical (unpaired) electrons. The fourth-order valence-corrected chi connectivity index (χ4v) is 2.34. The van der Waals surface area contributed by atoms with E-state index in [4.69, 9.17) is 11.5 Å². The number of carbonyl (C=O) groups is 1. The van der Waals surface area contributed by atoms with Gasteiger partial charge in [0.05, 0.1) is 6.04 Å². The van der Waals surface area contributed by atoms with Gasteiger partial charge in [-0.3, -0.25) is 14.6 Å². The maximum absolute atomic E-state index is 11.9. The third kappa shape index (κ3) is 3.18. The summed E-state index contributed by atoms with van der Waals surface area (Å²) in [4.78, 5) is 29.4. The van der Waals surface area contributed by atoms with Gasteiger partial charge in [-0.1, -0.05) is 0 Å². The van der Waals surface area contributed by atoms with Crippen LogP contribution in [-0.4, -0.2) is 35.0 Å².